The van der Waals surface area contributed by atoms with Crippen molar-refractivity contribution in [3.05, 3.63) is 52.3 Å². The minimum atomic E-state index is 0.00924. The average Bonchev–Trinajstić information content (AvgIpc) is 3.22. The van der Waals surface area contributed by atoms with E-state index in [2.05, 4.69) is 11.5 Å². The maximum absolute atomic E-state index is 12.4. The van der Waals surface area contributed by atoms with Crippen LogP contribution in [-0.4, -0.2) is 17.0 Å². The first kappa shape index (κ1) is 14.2. The molecule has 1 heterocycles. The Morgan fingerprint density at radius 3 is 2.76 bits per heavy atom. The fraction of sp³-hybridized carbons (Fsp3) is 0.353. The SMILES string of the molecule is Cc1cc(C(=O)COc2cccc(Cl)c2)c(C)n1C1CC1. The topological polar surface area (TPSA) is 31.2 Å². The molecular formula is C17H18ClNO2. The molecule has 21 heavy (non-hydrogen) atoms. The van der Waals surface area contributed by atoms with Crippen molar-refractivity contribution in [2.45, 2.75) is 32.7 Å². The first-order valence-electron chi connectivity index (χ1n) is 7.16. The van der Waals surface area contributed by atoms with E-state index in [1.165, 1.54) is 12.8 Å². The highest BCUT2D eigenvalue weighted by atomic mass is 35.5. The van der Waals surface area contributed by atoms with Crippen molar-refractivity contribution >= 4 is 17.4 Å². The van der Waals surface area contributed by atoms with E-state index in [-0.39, 0.29) is 12.4 Å². The molecule has 0 amide bonds. The van der Waals surface area contributed by atoms with Crippen LogP contribution in [0.5, 0.6) is 5.75 Å². The third-order valence-corrected chi connectivity index (χ3v) is 4.10. The van der Waals surface area contributed by atoms with E-state index in [1.807, 2.05) is 13.0 Å². The van der Waals surface area contributed by atoms with Gasteiger partial charge in [0.15, 0.2) is 6.61 Å². The van der Waals surface area contributed by atoms with Crippen LogP contribution in [0.15, 0.2) is 30.3 Å². The highest BCUT2D eigenvalue weighted by Gasteiger charge is 2.28. The van der Waals surface area contributed by atoms with E-state index in [1.54, 1.807) is 24.3 Å². The zero-order valence-electron chi connectivity index (χ0n) is 12.2. The molecule has 1 aromatic carbocycles. The van der Waals surface area contributed by atoms with Gasteiger partial charge in [0.05, 0.1) is 0 Å². The van der Waals surface area contributed by atoms with Crippen molar-refractivity contribution in [1.29, 1.82) is 0 Å². The molecule has 1 aliphatic rings. The van der Waals surface area contributed by atoms with Gasteiger partial charge in [-0.3, -0.25) is 4.79 Å². The molecule has 0 saturated heterocycles. The zero-order chi connectivity index (χ0) is 15.0. The Morgan fingerprint density at radius 2 is 2.10 bits per heavy atom. The number of rotatable bonds is 5. The largest absolute Gasteiger partial charge is 0.485 e. The van der Waals surface area contributed by atoms with Crippen LogP contribution in [0.4, 0.5) is 0 Å². The number of carbonyl (C=O) groups excluding carboxylic acids is 1. The molecule has 0 bridgehead atoms. The molecule has 0 N–H and O–H groups in total. The van der Waals surface area contributed by atoms with Crippen LogP contribution in [0.25, 0.3) is 0 Å². The van der Waals surface area contributed by atoms with Gasteiger partial charge in [0.25, 0.3) is 0 Å². The molecule has 0 spiro atoms. The number of nitrogens with zero attached hydrogens (tertiary/aromatic N) is 1. The van der Waals surface area contributed by atoms with Crippen LogP contribution in [0.1, 0.15) is 40.6 Å². The quantitative estimate of drug-likeness (QED) is 0.769. The normalized spacial score (nSPS) is 14.2. The Bertz CT molecular complexity index is 686. The Morgan fingerprint density at radius 1 is 1.33 bits per heavy atom. The molecule has 1 saturated carbocycles. The minimum Gasteiger partial charge on any atom is -0.485 e. The van der Waals surface area contributed by atoms with Crippen molar-refractivity contribution in [3.8, 4) is 5.75 Å². The van der Waals surface area contributed by atoms with E-state index in [0.717, 1.165) is 17.0 Å². The molecule has 0 aliphatic heterocycles. The molecule has 0 atom stereocenters. The number of hydrogen-bond donors (Lipinski definition) is 0. The summed E-state index contributed by atoms with van der Waals surface area (Å²) >= 11 is 5.90. The Labute approximate surface area is 129 Å². The van der Waals surface area contributed by atoms with Crippen molar-refractivity contribution in [3.63, 3.8) is 0 Å². The number of ketones is 1. The van der Waals surface area contributed by atoms with Gasteiger partial charge in [-0.2, -0.15) is 0 Å². The smallest absolute Gasteiger partial charge is 0.202 e. The lowest BCUT2D eigenvalue weighted by Gasteiger charge is -2.08. The summed E-state index contributed by atoms with van der Waals surface area (Å²) in [7, 11) is 0. The third kappa shape index (κ3) is 2.98. The van der Waals surface area contributed by atoms with Crippen LogP contribution in [-0.2, 0) is 0 Å². The molecule has 1 aliphatic carbocycles. The maximum atomic E-state index is 12.4. The minimum absolute atomic E-state index is 0.00924. The molecule has 4 heteroatoms. The number of benzene rings is 1. The first-order chi connectivity index (χ1) is 10.1. The summed E-state index contributed by atoms with van der Waals surface area (Å²) in [5.41, 5.74) is 2.97. The molecule has 3 rings (SSSR count). The van der Waals surface area contributed by atoms with Gasteiger partial charge in [-0.25, -0.2) is 0 Å². The fourth-order valence-electron chi connectivity index (χ4n) is 2.74. The van der Waals surface area contributed by atoms with Gasteiger partial charge in [-0.15, -0.1) is 0 Å². The summed E-state index contributed by atoms with van der Waals surface area (Å²) in [5, 5.41) is 0.604. The molecular weight excluding hydrogens is 286 g/mol. The maximum Gasteiger partial charge on any atom is 0.202 e. The van der Waals surface area contributed by atoms with E-state index in [9.17, 15) is 4.79 Å². The van der Waals surface area contributed by atoms with E-state index in [4.69, 9.17) is 16.3 Å². The van der Waals surface area contributed by atoms with Crippen LogP contribution in [0.3, 0.4) is 0 Å². The molecule has 1 aromatic heterocycles. The molecule has 0 unspecified atom stereocenters. The monoisotopic (exact) mass is 303 g/mol. The van der Waals surface area contributed by atoms with Gasteiger partial charge >= 0.3 is 0 Å². The molecule has 2 aromatic rings. The lowest BCUT2D eigenvalue weighted by atomic mass is 10.1. The molecule has 1 fully saturated rings. The van der Waals surface area contributed by atoms with Crippen molar-refractivity contribution < 1.29 is 9.53 Å². The van der Waals surface area contributed by atoms with Crippen molar-refractivity contribution in [1.82, 2.24) is 4.57 Å². The fourth-order valence-corrected chi connectivity index (χ4v) is 2.92. The second-order valence-electron chi connectivity index (χ2n) is 5.56. The van der Waals surface area contributed by atoms with Gasteiger partial charge in [-0.1, -0.05) is 17.7 Å². The van der Waals surface area contributed by atoms with Gasteiger partial charge in [0.1, 0.15) is 5.75 Å². The number of aromatic nitrogens is 1. The summed E-state index contributed by atoms with van der Waals surface area (Å²) in [6, 6.07) is 9.65. The molecule has 3 nitrogen and oxygen atoms in total. The summed E-state index contributed by atoms with van der Waals surface area (Å²) < 4.78 is 7.81. The second-order valence-corrected chi connectivity index (χ2v) is 5.99. The summed E-state index contributed by atoms with van der Waals surface area (Å²) in [6.07, 6.45) is 2.42. The number of hydrogen-bond acceptors (Lipinski definition) is 2. The zero-order valence-corrected chi connectivity index (χ0v) is 13.0. The molecule has 110 valence electrons. The lowest BCUT2D eigenvalue weighted by Crippen LogP contribution is -2.12. The highest BCUT2D eigenvalue weighted by molar-refractivity contribution is 6.30. The predicted molar refractivity (Wildman–Crippen MR) is 83.5 cm³/mol. The van der Waals surface area contributed by atoms with E-state index >= 15 is 0 Å². The Balaban J connectivity index is 1.72. The van der Waals surface area contributed by atoms with Gasteiger partial charge in [-0.05, 0) is 51.0 Å². The third-order valence-electron chi connectivity index (χ3n) is 3.86. The standard InChI is InChI=1S/C17H18ClNO2/c1-11-8-16(12(2)19(11)14-6-7-14)17(20)10-21-15-5-3-4-13(18)9-15/h3-5,8-9,14H,6-7,10H2,1-2H3. The predicted octanol–water partition coefficient (Wildman–Crippen LogP) is 4.35. The number of ether oxygens (including phenoxy) is 1. The highest BCUT2D eigenvalue weighted by Crippen LogP contribution is 2.38. The number of Topliss-reactive ketones (excluding diaryl/α,β-unsaturated/α-hetero) is 1. The lowest BCUT2D eigenvalue weighted by molar-refractivity contribution is 0.0921. The van der Waals surface area contributed by atoms with Crippen molar-refractivity contribution in [2.24, 2.45) is 0 Å². The Hall–Kier alpha value is -1.74. The first-order valence-corrected chi connectivity index (χ1v) is 7.54. The van der Waals surface area contributed by atoms with Gasteiger partial charge in [0.2, 0.25) is 5.78 Å². The van der Waals surface area contributed by atoms with Crippen molar-refractivity contribution in [2.75, 3.05) is 6.61 Å². The van der Waals surface area contributed by atoms with Gasteiger partial charge in [0, 0.05) is 28.0 Å². The number of carbonyl (C=O) groups is 1. The van der Waals surface area contributed by atoms with Gasteiger partial charge < -0.3 is 9.30 Å². The van der Waals surface area contributed by atoms with Crippen LogP contribution in [0, 0.1) is 13.8 Å². The number of halogens is 1. The number of aryl methyl sites for hydroxylation is 1. The summed E-state index contributed by atoms with van der Waals surface area (Å²) in [5.74, 6) is 0.627. The van der Waals surface area contributed by atoms with Crippen LogP contribution >= 0.6 is 11.6 Å². The van der Waals surface area contributed by atoms with E-state index < -0.39 is 0 Å². The average molecular weight is 304 g/mol. The Kier molecular flexibility index (Phi) is 3.77. The van der Waals surface area contributed by atoms with Crippen LogP contribution in [0.2, 0.25) is 5.02 Å². The second kappa shape index (κ2) is 5.57. The summed E-state index contributed by atoms with van der Waals surface area (Å²) in [4.78, 5) is 12.4. The van der Waals surface area contributed by atoms with E-state index in [0.29, 0.717) is 16.8 Å². The van der Waals surface area contributed by atoms with Crippen LogP contribution < -0.4 is 4.74 Å². The molecule has 0 radical (unpaired) electrons. The summed E-state index contributed by atoms with van der Waals surface area (Å²) in [6.45, 7) is 4.10.